The fourth-order valence-electron chi connectivity index (χ4n) is 3.40. The molecule has 0 aliphatic heterocycles. The average molecular weight is 473 g/mol. The largest absolute Gasteiger partial charge is 0.330 e. The van der Waals surface area contributed by atoms with Crippen LogP contribution < -0.4 is 11.1 Å². The first kappa shape index (κ1) is 24.4. The van der Waals surface area contributed by atoms with E-state index in [2.05, 4.69) is 10.3 Å². The minimum Gasteiger partial charge on any atom is -0.330 e. The summed E-state index contributed by atoms with van der Waals surface area (Å²) >= 11 is 5.90. The van der Waals surface area contributed by atoms with Crippen LogP contribution >= 0.6 is 11.6 Å². The van der Waals surface area contributed by atoms with Crippen molar-refractivity contribution in [3.05, 3.63) is 77.6 Å². The molecule has 170 valence electrons. The number of halogens is 1. The van der Waals surface area contributed by atoms with Gasteiger partial charge in [-0.2, -0.15) is 4.31 Å². The molecule has 3 N–H and O–H groups in total. The number of aromatic nitrogens is 1. The molecule has 0 radical (unpaired) electrons. The highest BCUT2D eigenvalue weighted by Gasteiger charge is 2.25. The fourth-order valence-corrected chi connectivity index (χ4v) is 5.22. The van der Waals surface area contributed by atoms with E-state index < -0.39 is 10.0 Å². The van der Waals surface area contributed by atoms with Crippen LogP contribution in [0.2, 0.25) is 5.02 Å². The minimum atomic E-state index is -3.65. The van der Waals surface area contributed by atoms with Crippen LogP contribution in [0.25, 0.3) is 16.8 Å². The Morgan fingerprint density at radius 3 is 2.66 bits per heavy atom. The molecule has 2 aromatic carbocycles. The third kappa shape index (κ3) is 6.60. The van der Waals surface area contributed by atoms with Gasteiger partial charge in [-0.15, -0.1) is 0 Å². The second-order valence-electron chi connectivity index (χ2n) is 7.41. The Morgan fingerprint density at radius 2 is 1.88 bits per heavy atom. The summed E-state index contributed by atoms with van der Waals surface area (Å²) in [4.78, 5) is 4.41. The van der Waals surface area contributed by atoms with Crippen LogP contribution in [0.3, 0.4) is 0 Å². The van der Waals surface area contributed by atoms with Crippen molar-refractivity contribution < 1.29 is 8.42 Å². The Hall–Kier alpha value is -2.29. The third-order valence-electron chi connectivity index (χ3n) is 5.10. The summed E-state index contributed by atoms with van der Waals surface area (Å²) in [5.74, 6) is 0. The molecule has 0 aliphatic carbocycles. The van der Waals surface area contributed by atoms with Gasteiger partial charge in [0, 0.05) is 54.4 Å². The van der Waals surface area contributed by atoms with E-state index in [1.54, 1.807) is 34.9 Å². The van der Waals surface area contributed by atoms with Crippen LogP contribution in [-0.2, 0) is 10.0 Å². The van der Waals surface area contributed by atoms with Gasteiger partial charge in [-0.3, -0.25) is 4.98 Å². The molecule has 0 bridgehead atoms. The number of unbranched alkanes of at least 4 members (excludes halogenated alkanes) is 1. The summed E-state index contributed by atoms with van der Waals surface area (Å²) in [6.07, 6.45) is 8.81. The van der Waals surface area contributed by atoms with E-state index >= 15 is 0 Å². The van der Waals surface area contributed by atoms with Crippen LogP contribution in [0, 0.1) is 0 Å². The molecule has 0 fully saturated rings. The van der Waals surface area contributed by atoms with E-state index in [0.717, 1.165) is 23.8 Å². The minimum absolute atomic E-state index is 0.313. The Bertz CT molecular complexity index is 1130. The molecule has 0 aliphatic rings. The average Bonchev–Trinajstić information content (AvgIpc) is 2.80. The molecular formula is C24H29ClN4O2S. The second-order valence-corrected chi connectivity index (χ2v) is 9.75. The summed E-state index contributed by atoms with van der Waals surface area (Å²) in [5.41, 5.74) is 6.68. The molecule has 1 heterocycles. The van der Waals surface area contributed by atoms with Crippen molar-refractivity contribution in [1.29, 1.82) is 0 Å². The number of sulfonamides is 1. The van der Waals surface area contributed by atoms with Gasteiger partial charge >= 0.3 is 0 Å². The number of nitrogens with zero attached hydrogens (tertiary/aromatic N) is 2. The molecule has 0 amide bonds. The summed E-state index contributed by atoms with van der Waals surface area (Å²) in [6, 6.07) is 14.6. The topological polar surface area (TPSA) is 88.3 Å². The van der Waals surface area contributed by atoms with Crippen molar-refractivity contribution in [3.63, 3.8) is 0 Å². The number of nitrogens with one attached hydrogen (secondary N) is 1. The first-order chi connectivity index (χ1) is 15.5. The molecule has 0 saturated heterocycles. The second kappa shape index (κ2) is 12.1. The monoisotopic (exact) mass is 472 g/mol. The highest BCUT2D eigenvalue weighted by atomic mass is 35.5. The molecule has 6 nitrogen and oxygen atoms in total. The van der Waals surface area contributed by atoms with Crippen LogP contribution in [0.4, 0.5) is 0 Å². The van der Waals surface area contributed by atoms with Gasteiger partial charge in [0.25, 0.3) is 0 Å². The van der Waals surface area contributed by atoms with Gasteiger partial charge < -0.3 is 11.1 Å². The maximum Gasteiger partial charge on any atom is 0.243 e. The highest BCUT2D eigenvalue weighted by Crippen LogP contribution is 2.25. The lowest BCUT2D eigenvalue weighted by Crippen LogP contribution is -2.38. The predicted molar refractivity (Wildman–Crippen MR) is 132 cm³/mol. The highest BCUT2D eigenvalue weighted by molar-refractivity contribution is 7.89. The van der Waals surface area contributed by atoms with E-state index in [4.69, 9.17) is 17.3 Å². The summed E-state index contributed by atoms with van der Waals surface area (Å²) in [5, 5.41) is 5.49. The van der Waals surface area contributed by atoms with Crippen LogP contribution in [0.15, 0.2) is 71.9 Å². The van der Waals surface area contributed by atoms with Crippen LogP contribution in [0.1, 0.15) is 18.4 Å². The zero-order chi connectivity index (χ0) is 22.8. The lowest BCUT2D eigenvalue weighted by atomic mass is 10.2. The molecule has 32 heavy (non-hydrogen) atoms. The first-order valence-electron chi connectivity index (χ1n) is 10.7. The molecule has 1 aromatic heterocycles. The van der Waals surface area contributed by atoms with E-state index in [1.807, 2.05) is 42.5 Å². The van der Waals surface area contributed by atoms with Gasteiger partial charge in [0.15, 0.2) is 0 Å². The quantitative estimate of drug-likeness (QED) is 0.390. The summed E-state index contributed by atoms with van der Waals surface area (Å²) < 4.78 is 28.5. The Morgan fingerprint density at radius 1 is 1.06 bits per heavy atom. The van der Waals surface area contributed by atoms with Crippen molar-refractivity contribution in [3.8, 4) is 0 Å². The molecule has 0 atom stereocenters. The number of nitrogens with two attached hydrogens (primary N) is 1. The maximum absolute atomic E-state index is 13.5. The predicted octanol–water partition coefficient (Wildman–Crippen LogP) is 3.92. The van der Waals surface area contributed by atoms with Gasteiger partial charge in [-0.25, -0.2) is 8.42 Å². The van der Waals surface area contributed by atoms with E-state index in [-0.39, 0.29) is 0 Å². The van der Waals surface area contributed by atoms with Crippen LogP contribution in [0.5, 0.6) is 0 Å². The Labute approximate surface area is 195 Å². The number of rotatable bonds is 12. The number of hydrogen-bond acceptors (Lipinski definition) is 5. The molecular weight excluding hydrogens is 444 g/mol. The van der Waals surface area contributed by atoms with Crippen molar-refractivity contribution in [2.24, 2.45) is 5.73 Å². The summed E-state index contributed by atoms with van der Waals surface area (Å²) in [6.45, 7) is 2.53. The zero-order valence-electron chi connectivity index (χ0n) is 18.0. The van der Waals surface area contributed by atoms with E-state index in [0.29, 0.717) is 48.0 Å². The van der Waals surface area contributed by atoms with Gasteiger partial charge in [0.05, 0.1) is 4.90 Å². The first-order valence-corrected chi connectivity index (χ1v) is 12.5. The number of hydrogen-bond donors (Lipinski definition) is 2. The zero-order valence-corrected chi connectivity index (χ0v) is 19.5. The maximum atomic E-state index is 13.5. The SMILES string of the molecule is NCCCCN(CCNC/C=C/c1ccc(Cl)cc1)S(=O)(=O)c1cccc2cnccc12. The van der Waals surface area contributed by atoms with Crippen molar-refractivity contribution in [2.45, 2.75) is 17.7 Å². The standard InChI is InChI=1S/C24H29ClN4O2S/c25-22-10-8-20(9-11-22)5-4-14-27-16-18-29(17-2-1-13-26)32(30,31)24-7-3-6-21-19-28-15-12-23(21)24/h3-12,15,19,27H,1-2,13-14,16-18,26H2/b5-4+. The normalized spacial score (nSPS) is 12.2. The van der Waals surface area contributed by atoms with Gasteiger partial charge in [0.2, 0.25) is 10.0 Å². The van der Waals surface area contributed by atoms with E-state index in [1.165, 1.54) is 0 Å². The Kier molecular flexibility index (Phi) is 9.20. The molecule has 8 heteroatoms. The van der Waals surface area contributed by atoms with Gasteiger partial charge in [-0.1, -0.05) is 48.0 Å². The Balaban J connectivity index is 1.65. The number of pyridine rings is 1. The van der Waals surface area contributed by atoms with Gasteiger partial charge in [0.1, 0.15) is 0 Å². The van der Waals surface area contributed by atoms with E-state index in [9.17, 15) is 8.42 Å². The fraction of sp³-hybridized carbons (Fsp3) is 0.292. The van der Waals surface area contributed by atoms with Crippen LogP contribution in [-0.4, -0.2) is 50.4 Å². The lowest BCUT2D eigenvalue weighted by Gasteiger charge is -2.23. The molecule has 3 rings (SSSR count). The number of fused-ring (bicyclic) bond motifs is 1. The smallest absolute Gasteiger partial charge is 0.243 e. The summed E-state index contributed by atoms with van der Waals surface area (Å²) in [7, 11) is -3.65. The molecule has 3 aromatic rings. The third-order valence-corrected chi connectivity index (χ3v) is 7.31. The van der Waals surface area contributed by atoms with Crippen molar-refractivity contribution in [1.82, 2.24) is 14.6 Å². The number of benzene rings is 2. The molecule has 0 spiro atoms. The molecule has 0 unspecified atom stereocenters. The lowest BCUT2D eigenvalue weighted by molar-refractivity contribution is 0.398. The van der Waals surface area contributed by atoms with Crippen molar-refractivity contribution in [2.75, 3.05) is 32.7 Å². The van der Waals surface area contributed by atoms with Crippen molar-refractivity contribution >= 4 is 38.5 Å². The molecule has 0 saturated carbocycles. The van der Waals surface area contributed by atoms with Gasteiger partial charge in [-0.05, 0) is 49.2 Å².